The van der Waals surface area contributed by atoms with Crippen molar-refractivity contribution in [1.82, 2.24) is 0 Å². The summed E-state index contributed by atoms with van der Waals surface area (Å²) >= 11 is 8.79. The third-order valence-corrected chi connectivity index (χ3v) is 11.9. The Kier molecular flexibility index (Phi) is 14.7. The lowest BCUT2D eigenvalue weighted by Gasteiger charge is -2.46. The zero-order chi connectivity index (χ0) is 38.4. The maximum Gasteiger partial charge on any atom is 0.119 e. The van der Waals surface area contributed by atoms with E-state index >= 15 is 0 Å². The van der Waals surface area contributed by atoms with Crippen LogP contribution in [-0.2, 0) is 51.8 Å². The lowest BCUT2D eigenvalue weighted by atomic mass is 9.94. The molecule has 5 nitrogen and oxygen atoms in total. The van der Waals surface area contributed by atoms with Crippen LogP contribution in [0.4, 0.5) is 0 Å². The van der Waals surface area contributed by atoms with Crippen molar-refractivity contribution in [2.75, 3.05) is 13.2 Å². The van der Waals surface area contributed by atoms with Gasteiger partial charge in [-0.1, -0.05) is 157 Å². The highest BCUT2D eigenvalue weighted by molar-refractivity contribution is 8.00. The molecule has 0 bridgehead atoms. The summed E-state index contributed by atoms with van der Waals surface area (Å²) in [6.07, 6.45) is -0.446. The summed E-state index contributed by atoms with van der Waals surface area (Å²) in [6.45, 7) is 4.89. The molecule has 6 aromatic carbocycles. The van der Waals surface area contributed by atoms with Crippen molar-refractivity contribution in [3.8, 4) is 5.75 Å². The van der Waals surface area contributed by atoms with Gasteiger partial charge in [-0.3, -0.25) is 0 Å². The molecule has 6 aromatic rings. The van der Waals surface area contributed by atoms with Crippen LogP contribution >= 0.6 is 23.4 Å². The van der Waals surface area contributed by atoms with E-state index in [2.05, 4.69) is 72.8 Å². The first-order chi connectivity index (χ1) is 27.6. The van der Waals surface area contributed by atoms with Gasteiger partial charge >= 0.3 is 0 Å². The highest BCUT2D eigenvalue weighted by Gasteiger charge is 2.48. The molecule has 0 N–H and O–H groups in total. The van der Waals surface area contributed by atoms with E-state index in [1.54, 1.807) is 0 Å². The third-order valence-electron chi connectivity index (χ3n) is 9.91. The third kappa shape index (κ3) is 11.1. The summed E-state index contributed by atoms with van der Waals surface area (Å²) in [4.78, 5) is 0. The van der Waals surface area contributed by atoms with Crippen molar-refractivity contribution in [1.29, 1.82) is 0 Å². The second kappa shape index (κ2) is 20.7. The highest BCUT2D eigenvalue weighted by Crippen LogP contribution is 2.48. The zero-order valence-electron chi connectivity index (χ0n) is 31.8. The summed E-state index contributed by atoms with van der Waals surface area (Å²) in [5.41, 5.74) is 7.75. The Morgan fingerprint density at radius 3 is 1.55 bits per heavy atom. The molecule has 1 saturated heterocycles. The number of benzene rings is 6. The van der Waals surface area contributed by atoms with E-state index < -0.39 is 6.10 Å². The fraction of sp³-hybridized carbons (Fsp3) is 0.265. The first kappa shape index (κ1) is 39.8. The fourth-order valence-corrected chi connectivity index (χ4v) is 8.87. The van der Waals surface area contributed by atoms with Gasteiger partial charge in [0.2, 0.25) is 0 Å². The van der Waals surface area contributed by atoms with Gasteiger partial charge in [-0.15, -0.1) is 11.8 Å². The molecule has 1 heterocycles. The summed E-state index contributed by atoms with van der Waals surface area (Å²) in [6, 6.07) is 55.9. The maximum absolute atomic E-state index is 7.05. The van der Waals surface area contributed by atoms with E-state index in [0.29, 0.717) is 46.1 Å². The Morgan fingerprint density at radius 2 is 1.02 bits per heavy atom. The van der Waals surface area contributed by atoms with Gasteiger partial charge in [-0.05, 0) is 70.5 Å². The van der Waals surface area contributed by atoms with E-state index in [1.165, 1.54) is 0 Å². The van der Waals surface area contributed by atoms with Gasteiger partial charge in [0.05, 0.1) is 50.1 Å². The molecule has 1 aliphatic rings. The number of halogens is 1. The Hall–Kier alpha value is -4.40. The van der Waals surface area contributed by atoms with Crippen LogP contribution in [0.3, 0.4) is 0 Å². The lowest BCUT2D eigenvalue weighted by molar-refractivity contribution is -0.160. The molecule has 0 amide bonds. The monoisotopic (exact) mass is 784 g/mol. The topological polar surface area (TPSA) is 46.2 Å². The summed E-state index contributed by atoms with van der Waals surface area (Å²) in [5, 5.41) is 0.543. The molecule has 5 atom stereocenters. The van der Waals surface area contributed by atoms with Crippen molar-refractivity contribution in [3.05, 3.63) is 208 Å². The maximum atomic E-state index is 7.05. The van der Waals surface area contributed by atoms with Crippen molar-refractivity contribution >= 4 is 23.4 Å². The van der Waals surface area contributed by atoms with Crippen LogP contribution < -0.4 is 4.74 Å². The Morgan fingerprint density at radius 1 is 0.518 bits per heavy atom. The Bertz CT molecular complexity index is 2030. The van der Waals surface area contributed by atoms with Crippen LogP contribution in [0.1, 0.15) is 51.1 Å². The van der Waals surface area contributed by atoms with E-state index in [0.717, 1.165) is 49.7 Å². The van der Waals surface area contributed by atoms with Crippen molar-refractivity contribution < 1.29 is 23.7 Å². The van der Waals surface area contributed by atoms with Gasteiger partial charge in [0.1, 0.15) is 24.1 Å². The first-order valence-corrected chi connectivity index (χ1v) is 20.7. The first-order valence-electron chi connectivity index (χ1n) is 19.4. The van der Waals surface area contributed by atoms with Crippen molar-refractivity contribution in [2.24, 2.45) is 0 Å². The van der Waals surface area contributed by atoms with Gasteiger partial charge in [-0.25, -0.2) is 0 Å². The molecule has 0 unspecified atom stereocenters. The van der Waals surface area contributed by atoms with Gasteiger partial charge in [0.25, 0.3) is 0 Å². The molecule has 0 spiro atoms. The van der Waals surface area contributed by atoms with Gasteiger partial charge in [0, 0.05) is 5.02 Å². The number of thioether (sulfide) groups is 1. The van der Waals surface area contributed by atoms with Crippen molar-refractivity contribution in [2.45, 2.75) is 68.6 Å². The largest absolute Gasteiger partial charge is 0.494 e. The number of hydrogen-bond acceptors (Lipinski definition) is 6. The van der Waals surface area contributed by atoms with Crippen LogP contribution in [0.15, 0.2) is 164 Å². The second-order valence-electron chi connectivity index (χ2n) is 14.0. The average Bonchev–Trinajstić information content (AvgIpc) is 3.25. The van der Waals surface area contributed by atoms with Crippen LogP contribution in [0.25, 0.3) is 0 Å². The van der Waals surface area contributed by atoms with E-state index in [9.17, 15) is 0 Å². The average molecular weight is 785 g/mol. The summed E-state index contributed by atoms with van der Waals surface area (Å²) < 4.78 is 33.3. The quantitative estimate of drug-likeness (QED) is 0.0865. The molecule has 288 valence electrons. The normalized spacial score (nSPS) is 19.4. The van der Waals surface area contributed by atoms with Crippen LogP contribution in [0.2, 0.25) is 5.02 Å². The minimum Gasteiger partial charge on any atom is -0.494 e. The molecule has 0 aromatic heterocycles. The molecule has 1 fully saturated rings. The SMILES string of the molecule is CCOc1ccc(Cc2cc([C@@H]3S[C@H](COCc4ccccc4)[C@@H](OCc4ccccc4)[C@H](OCc4ccccc4)[C@H]3OCc3ccccc3)ccc2Cl)cc1. The molecule has 7 heteroatoms. The molecule has 0 radical (unpaired) electrons. The summed E-state index contributed by atoms with van der Waals surface area (Å²) in [5.74, 6) is 0.860. The molecular formula is C49H49ClO5S. The summed E-state index contributed by atoms with van der Waals surface area (Å²) in [7, 11) is 0. The van der Waals surface area contributed by atoms with E-state index in [-0.39, 0.29) is 22.7 Å². The van der Waals surface area contributed by atoms with E-state index in [1.807, 2.05) is 110 Å². The zero-order valence-corrected chi connectivity index (χ0v) is 33.3. The predicted molar refractivity (Wildman–Crippen MR) is 227 cm³/mol. The van der Waals surface area contributed by atoms with Crippen LogP contribution in [0.5, 0.6) is 5.75 Å². The molecule has 1 aliphatic heterocycles. The molecule has 7 rings (SSSR count). The highest BCUT2D eigenvalue weighted by atomic mass is 35.5. The number of rotatable bonds is 18. The van der Waals surface area contributed by atoms with Crippen molar-refractivity contribution in [3.63, 3.8) is 0 Å². The van der Waals surface area contributed by atoms with Gasteiger partial charge < -0.3 is 23.7 Å². The molecule has 0 saturated carbocycles. The van der Waals surface area contributed by atoms with Crippen LogP contribution in [-0.4, -0.2) is 36.8 Å². The lowest BCUT2D eigenvalue weighted by Crippen LogP contribution is -2.54. The minimum absolute atomic E-state index is 0.0741. The minimum atomic E-state index is -0.426. The molecule has 0 aliphatic carbocycles. The predicted octanol–water partition coefficient (Wildman–Crippen LogP) is 11.5. The Balaban J connectivity index is 1.25. The van der Waals surface area contributed by atoms with E-state index in [4.69, 9.17) is 35.3 Å². The Labute approximate surface area is 340 Å². The molecular weight excluding hydrogens is 736 g/mol. The van der Waals surface area contributed by atoms with Gasteiger partial charge in [-0.2, -0.15) is 0 Å². The standard InChI is InChI=1S/C49H49ClO5S/c1-2-52-43-26-23-36(24-27-43)29-42-30-41(25-28-44(42)50)49-48(55-34-40-21-13-6-14-22-40)47(54-33-39-19-11-5-12-20-39)46(53-32-38-17-9-4-10-18-38)45(56-49)35-51-31-37-15-7-3-8-16-37/h3-28,30,45-49H,2,29,31-35H2,1H3/t45-,46-,47+,48-,49+/m1/s1. The number of hydrogen-bond donors (Lipinski definition) is 0. The van der Waals surface area contributed by atoms with Gasteiger partial charge in [0.15, 0.2) is 0 Å². The fourth-order valence-electron chi connectivity index (χ4n) is 7.05. The number of ether oxygens (including phenoxy) is 5. The smallest absolute Gasteiger partial charge is 0.119 e. The van der Waals surface area contributed by atoms with Crippen LogP contribution in [0, 0.1) is 0 Å². The molecule has 56 heavy (non-hydrogen) atoms. The second-order valence-corrected chi connectivity index (χ2v) is 15.8.